The van der Waals surface area contributed by atoms with E-state index >= 15 is 0 Å². The van der Waals surface area contributed by atoms with Gasteiger partial charge in [-0.05, 0) is 30.7 Å². The number of hydrogen-bond acceptors (Lipinski definition) is 4. The zero-order chi connectivity index (χ0) is 19.5. The Labute approximate surface area is 154 Å². The van der Waals surface area contributed by atoms with Crippen LogP contribution < -0.4 is 14.8 Å². The first kappa shape index (κ1) is 20.1. The lowest BCUT2D eigenvalue weighted by Crippen LogP contribution is -2.33. The molecule has 0 aromatic heterocycles. The van der Waals surface area contributed by atoms with Gasteiger partial charge in [-0.25, -0.2) is 21.9 Å². The number of aryl methyl sites for hydroxylation is 1. The van der Waals surface area contributed by atoms with E-state index in [0.29, 0.717) is 10.6 Å². The van der Waals surface area contributed by atoms with Crippen LogP contribution in [0.25, 0.3) is 0 Å². The fourth-order valence-corrected chi connectivity index (χ4v) is 3.36. The molecule has 140 valence electrons. The highest BCUT2D eigenvalue weighted by atomic mass is 35.5. The average molecular weight is 405 g/mol. The van der Waals surface area contributed by atoms with Gasteiger partial charge in [0, 0.05) is 11.1 Å². The molecule has 0 aliphatic heterocycles. The first-order valence-corrected chi connectivity index (χ1v) is 9.09. The van der Waals surface area contributed by atoms with Gasteiger partial charge in [0.25, 0.3) is 0 Å². The summed E-state index contributed by atoms with van der Waals surface area (Å²) in [5, 5.41) is 2.87. The molecule has 0 radical (unpaired) electrons. The number of ether oxygens (including phenoxy) is 1. The van der Waals surface area contributed by atoms with Crippen LogP contribution in [0, 0.1) is 18.6 Å². The third-order valence-electron chi connectivity index (χ3n) is 3.37. The second-order valence-corrected chi connectivity index (χ2v) is 7.34. The maximum atomic E-state index is 13.6. The zero-order valence-corrected chi connectivity index (χ0v) is 15.3. The summed E-state index contributed by atoms with van der Waals surface area (Å²) in [5.74, 6) is -3.00. The highest BCUT2D eigenvalue weighted by molar-refractivity contribution is 7.89. The fourth-order valence-electron chi connectivity index (χ4n) is 2.10. The SMILES string of the molecule is COc1cc(Cl)c(C)cc1NC(=O)CNS(=O)(=O)c1c(F)cccc1F. The molecule has 0 spiro atoms. The summed E-state index contributed by atoms with van der Waals surface area (Å²) in [4.78, 5) is 10.9. The molecule has 0 aliphatic carbocycles. The van der Waals surface area contributed by atoms with Crippen LogP contribution in [0.1, 0.15) is 5.56 Å². The topological polar surface area (TPSA) is 84.5 Å². The van der Waals surface area contributed by atoms with Crippen molar-refractivity contribution in [2.24, 2.45) is 0 Å². The standard InChI is InChI=1S/C16H15ClF2N2O4S/c1-9-6-13(14(25-2)7-10(9)17)21-15(22)8-20-26(23,24)16-11(18)4-3-5-12(16)19/h3-7,20H,8H2,1-2H3,(H,21,22). The molecule has 0 unspecified atom stereocenters. The molecule has 10 heteroatoms. The van der Waals surface area contributed by atoms with Crippen LogP contribution in [0.3, 0.4) is 0 Å². The van der Waals surface area contributed by atoms with Crippen molar-refractivity contribution in [2.45, 2.75) is 11.8 Å². The Morgan fingerprint density at radius 2 is 1.85 bits per heavy atom. The highest BCUT2D eigenvalue weighted by Crippen LogP contribution is 2.30. The summed E-state index contributed by atoms with van der Waals surface area (Å²) in [6.07, 6.45) is 0. The molecule has 2 aromatic carbocycles. The lowest BCUT2D eigenvalue weighted by atomic mass is 10.2. The number of methoxy groups -OCH3 is 1. The van der Waals surface area contributed by atoms with Crippen molar-refractivity contribution < 1.29 is 26.7 Å². The maximum absolute atomic E-state index is 13.6. The molecule has 0 heterocycles. The van der Waals surface area contributed by atoms with E-state index in [1.54, 1.807) is 13.0 Å². The van der Waals surface area contributed by atoms with Crippen molar-refractivity contribution in [3.8, 4) is 5.75 Å². The molecule has 0 saturated heterocycles. The van der Waals surface area contributed by atoms with Crippen molar-refractivity contribution in [1.82, 2.24) is 4.72 Å². The molecule has 2 rings (SSSR count). The van der Waals surface area contributed by atoms with Gasteiger partial charge in [-0.15, -0.1) is 0 Å². The van der Waals surface area contributed by atoms with E-state index in [9.17, 15) is 22.0 Å². The molecule has 0 atom stereocenters. The lowest BCUT2D eigenvalue weighted by molar-refractivity contribution is -0.115. The summed E-state index contributed by atoms with van der Waals surface area (Å²) in [7, 11) is -3.18. The molecule has 1 amide bonds. The average Bonchev–Trinajstić information content (AvgIpc) is 2.56. The quantitative estimate of drug-likeness (QED) is 0.775. The molecule has 2 aromatic rings. The van der Waals surface area contributed by atoms with Gasteiger partial charge in [-0.2, -0.15) is 0 Å². The second kappa shape index (κ2) is 7.98. The summed E-state index contributed by atoms with van der Waals surface area (Å²) < 4.78 is 58.2. The summed E-state index contributed by atoms with van der Waals surface area (Å²) in [5.41, 5.74) is 0.937. The van der Waals surface area contributed by atoms with Crippen molar-refractivity contribution in [1.29, 1.82) is 0 Å². The van der Waals surface area contributed by atoms with Gasteiger partial charge in [0.15, 0.2) is 4.90 Å². The van der Waals surface area contributed by atoms with Gasteiger partial charge in [0.2, 0.25) is 15.9 Å². The van der Waals surface area contributed by atoms with E-state index in [2.05, 4.69) is 5.32 Å². The van der Waals surface area contributed by atoms with Crippen molar-refractivity contribution in [2.75, 3.05) is 19.0 Å². The van der Waals surface area contributed by atoms with E-state index in [-0.39, 0.29) is 11.4 Å². The molecule has 0 fully saturated rings. The van der Waals surface area contributed by atoms with E-state index < -0.39 is 39.0 Å². The number of carbonyl (C=O) groups excluding carboxylic acids is 1. The molecule has 0 aliphatic rings. The number of anilines is 1. The lowest BCUT2D eigenvalue weighted by Gasteiger charge is -2.13. The normalized spacial score (nSPS) is 11.3. The predicted molar refractivity (Wildman–Crippen MR) is 92.9 cm³/mol. The van der Waals surface area contributed by atoms with Crippen LogP contribution in [-0.2, 0) is 14.8 Å². The molecular weight excluding hydrogens is 390 g/mol. The van der Waals surface area contributed by atoms with Crippen LogP contribution in [0.5, 0.6) is 5.75 Å². The zero-order valence-electron chi connectivity index (χ0n) is 13.8. The summed E-state index contributed by atoms with van der Waals surface area (Å²) in [6.45, 7) is 0.974. The van der Waals surface area contributed by atoms with Gasteiger partial charge in [-0.3, -0.25) is 4.79 Å². The predicted octanol–water partition coefficient (Wildman–Crippen LogP) is 2.85. The first-order chi connectivity index (χ1) is 12.2. The summed E-state index contributed by atoms with van der Waals surface area (Å²) >= 11 is 5.96. The monoisotopic (exact) mass is 404 g/mol. The number of benzene rings is 2. The van der Waals surface area contributed by atoms with E-state index in [1.165, 1.54) is 13.2 Å². The number of rotatable bonds is 6. The molecule has 26 heavy (non-hydrogen) atoms. The molecular formula is C16H15ClF2N2O4S. The van der Waals surface area contributed by atoms with E-state index in [1.807, 2.05) is 4.72 Å². The van der Waals surface area contributed by atoms with Gasteiger partial charge in [0.05, 0.1) is 19.3 Å². The maximum Gasteiger partial charge on any atom is 0.246 e. The number of sulfonamides is 1. The molecule has 2 N–H and O–H groups in total. The van der Waals surface area contributed by atoms with Crippen molar-refractivity contribution >= 4 is 33.2 Å². The third kappa shape index (κ3) is 4.48. The second-order valence-electron chi connectivity index (χ2n) is 5.23. The first-order valence-electron chi connectivity index (χ1n) is 7.23. The smallest absolute Gasteiger partial charge is 0.246 e. The highest BCUT2D eigenvalue weighted by Gasteiger charge is 2.24. The Bertz CT molecular complexity index is 931. The Morgan fingerprint density at radius 3 is 2.42 bits per heavy atom. The van der Waals surface area contributed by atoms with Gasteiger partial charge >= 0.3 is 0 Å². The van der Waals surface area contributed by atoms with Gasteiger partial charge in [-0.1, -0.05) is 17.7 Å². The van der Waals surface area contributed by atoms with Gasteiger partial charge in [0.1, 0.15) is 17.4 Å². The van der Waals surface area contributed by atoms with Crippen molar-refractivity contribution in [3.05, 3.63) is 52.6 Å². The van der Waals surface area contributed by atoms with Crippen LogP contribution in [0.15, 0.2) is 35.2 Å². The third-order valence-corrected chi connectivity index (χ3v) is 5.22. The summed E-state index contributed by atoms with van der Waals surface area (Å²) in [6, 6.07) is 5.68. The van der Waals surface area contributed by atoms with Crippen LogP contribution >= 0.6 is 11.6 Å². The van der Waals surface area contributed by atoms with E-state index in [0.717, 1.165) is 18.2 Å². The molecule has 0 saturated carbocycles. The van der Waals surface area contributed by atoms with E-state index in [4.69, 9.17) is 16.3 Å². The number of hydrogen-bond donors (Lipinski definition) is 2. The number of amides is 1. The number of carbonyl (C=O) groups is 1. The molecule has 0 bridgehead atoms. The fraction of sp³-hybridized carbons (Fsp3) is 0.188. The molecule has 6 nitrogen and oxygen atoms in total. The minimum Gasteiger partial charge on any atom is -0.495 e. The minimum atomic E-state index is -4.55. The van der Waals surface area contributed by atoms with Crippen LogP contribution in [0.4, 0.5) is 14.5 Å². The number of nitrogens with one attached hydrogen (secondary N) is 2. The number of halogens is 3. The van der Waals surface area contributed by atoms with Gasteiger partial charge < -0.3 is 10.1 Å². The Kier molecular flexibility index (Phi) is 6.17. The Balaban J connectivity index is 2.13. The van der Waals surface area contributed by atoms with Crippen LogP contribution in [0.2, 0.25) is 5.02 Å². The Hall–Kier alpha value is -2.23. The van der Waals surface area contributed by atoms with Crippen LogP contribution in [-0.4, -0.2) is 28.0 Å². The largest absolute Gasteiger partial charge is 0.495 e. The minimum absolute atomic E-state index is 0.274. The Morgan fingerprint density at radius 1 is 1.23 bits per heavy atom. The van der Waals surface area contributed by atoms with Crippen molar-refractivity contribution in [3.63, 3.8) is 0 Å².